The first-order valence-electron chi connectivity index (χ1n) is 9.90. The van der Waals surface area contributed by atoms with Gasteiger partial charge in [0.25, 0.3) is 0 Å². The van der Waals surface area contributed by atoms with Gasteiger partial charge >= 0.3 is 0 Å². The Morgan fingerprint density at radius 2 is 2.11 bits per heavy atom. The first-order valence-corrected chi connectivity index (χ1v) is 9.90. The Morgan fingerprint density at radius 3 is 2.93 bits per heavy atom. The number of nitrogens with zero attached hydrogens (tertiary/aromatic N) is 3. The molecule has 6 nitrogen and oxygen atoms in total. The van der Waals surface area contributed by atoms with Crippen LogP contribution >= 0.6 is 0 Å². The number of nitrogens with one attached hydrogen (secondary N) is 2. The highest BCUT2D eigenvalue weighted by Gasteiger charge is 2.33. The summed E-state index contributed by atoms with van der Waals surface area (Å²) in [4.78, 5) is 27.4. The van der Waals surface area contributed by atoms with Crippen molar-refractivity contribution in [3.8, 4) is 0 Å². The summed E-state index contributed by atoms with van der Waals surface area (Å²) in [5, 5.41) is 5.41. The summed E-state index contributed by atoms with van der Waals surface area (Å²) >= 11 is 0. The van der Waals surface area contributed by atoms with Crippen molar-refractivity contribution in [3.05, 3.63) is 30.2 Å². The van der Waals surface area contributed by atoms with Crippen LogP contribution in [0.4, 0.5) is 5.69 Å². The minimum atomic E-state index is 0.0523. The predicted octanol–water partition coefficient (Wildman–Crippen LogP) is 3.30. The van der Waals surface area contributed by atoms with Gasteiger partial charge < -0.3 is 15.2 Å². The number of aryl methyl sites for hydroxylation is 1. The van der Waals surface area contributed by atoms with Crippen LogP contribution in [0.25, 0.3) is 21.9 Å². The molecule has 1 saturated heterocycles. The topological polar surface area (TPSA) is 73.9 Å². The third kappa shape index (κ3) is 2.93. The summed E-state index contributed by atoms with van der Waals surface area (Å²) < 4.78 is 0. The molecule has 1 aliphatic carbocycles. The molecule has 0 radical (unpaired) electrons. The van der Waals surface area contributed by atoms with Crippen molar-refractivity contribution in [1.29, 1.82) is 0 Å². The summed E-state index contributed by atoms with van der Waals surface area (Å²) in [5.74, 6) is 0.274. The molecule has 3 aromatic heterocycles. The van der Waals surface area contributed by atoms with Crippen molar-refractivity contribution < 1.29 is 4.79 Å². The SMILES string of the molecule is Cc1cc(N2CC(C(=O)NC3CC3)CC[C@@H]2C)c2c(cnc3nccc32)[nH]1. The summed E-state index contributed by atoms with van der Waals surface area (Å²) in [5.41, 5.74) is 4.06. The van der Waals surface area contributed by atoms with Gasteiger partial charge in [0.1, 0.15) is 0 Å². The normalized spacial score (nSPS) is 23.1. The number of carbonyl (C=O) groups excluding carboxylic acids is 1. The van der Waals surface area contributed by atoms with E-state index in [0.29, 0.717) is 12.1 Å². The van der Waals surface area contributed by atoms with E-state index in [2.05, 4.69) is 45.1 Å². The molecule has 0 bridgehead atoms. The van der Waals surface area contributed by atoms with E-state index in [1.54, 1.807) is 0 Å². The monoisotopic (exact) mass is 363 g/mol. The van der Waals surface area contributed by atoms with E-state index in [0.717, 1.165) is 59.9 Å². The molecule has 2 N–H and O–H groups in total. The van der Waals surface area contributed by atoms with Gasteiger partial charge in [-0.15, -0.1) is 0 Å². The lowest BCUT2D eigenvalue weighted by molar-refractivity contribution is -0.125. The van der Waals surface area contributed by atoms with Gasteiger partial charge in [-0.2, -0.15) is 0 Å². The molecule has 3 aromatic rings. The molecule has 1 unspecified atom stereocenters. The largest absolute Gasteiger partial charge is 0.367 e. The molecule has 6 heteroatoms. The third-order valence-corrected chi connectivity index (χ3v) is 5.96. The molecule has 0 aromatic carbocycles. The maximum atomic E-state index is 12.7. The zero-order valence-electron chi connectivity index (χ0n) is 15.8. The van der Waals surface area contributed by atoms with Crippen LogP contribution in [0.2, 0.25) is 0 Å². The van der Waals surface area contributed by atoms with Crippen molar-refractivity contribution in [2.24, 2.45) is 5.92 Å². The van der Waals surface area contributed by atoms with Crippen molar-refractivity contribution in [2.45, 2.75) is 51.6 Å². The van der Waals surface area contributed by atoms with E-state index in [-0.39, 0.29) is 11.8 Å². The van der Waals surface area contributed by atoms with Crippen molar-refractivity contribution >= 4 is 33.5 Å². The summed E-state index contributed by atoms with van der Waals surface area (Å²) in [7, 11) is 0. The van der Waals surface area contributed by atoms with Crippen LogP contribution in [0.15, 0.2) is 24.5 Å². The van der Waals surface area contributed by atoms with Crippen LogP contribution < -0.4 is 10.2 Å². The molecule has 4 heterocycles. The number of carbonyl (C=O) groups is 1. The first-order chi connectivity index (χ1) is 13.1. The van der Waals surface area contributed by atoms with Gasteiger partial charge in [-0.05, 0) is 51.7 Å². The van der Waals surface area contributed by atoms with Gasteiger partial charge in [0.05, 0.1) is 17.6 Å². The van der Waals surface area contributed by atoms with Gasteiger partial charge in [-0.1, -0.05) is 0 Å². The minimum Gasteiger partial charge on any atom is -0.367 e. The number of piperidine rings is 1. The van der Waals surface area contributed by atoms with Gasteiger partial charge in [0.15, 0.2) is 5.65 Å². The number of H-pyrrole nitrogens is 1. The second kappa shape index (κ2) is 6.22. The number of aromatic amines is 1. The van der Waals surface area contributed by atoms with Crippen LogP contribution in [-0.4, -0.2) is 39.5 Å². The molecule has 5 rings (SSSR count). The van der Waals surface area contributed by atoms with Crippen molar-refractivity contribution in [3.63, 3.8) is 0 Å². The Bertz CT molecular complexity index is 1020. The number of fused-ring (bicyclic) bond motifs is 3. The number of amides is 1. The minimum absolute atomic E-state index is 0.0523. The molecular formula is C21H25N5O. The standard InChI is InChI=1S/C21H25N5O/c1-12-9-18(19-16-7-8-22-20(16)23-10-17(19)24-12)26-11-14(4-3-13(26)2)21(27)25-15-5-6-15/h7-10,13-15,24H,3-6,11H2,1-2H3,(H,25,27)/t13-,14?/m0/s1. The number of aromatic nitrogens is 3. The number of hydrogen-bond donors (Lipinski definition) is 2. The maximum Gasteiger partial charge on any atom is 0.225 e. The zero-order chi connectivity index (χ0) is 18.5. The van der Waals surface area contributed by atoms with Gasteiger partial charge in [0.2, 0.25) is 5.91 Å². The molecule has 1 amide bonds. The van der Waals surface area contributed by atoms with Crippen LogP contribution in [0, 0.1) is 12.8 Å². The van der Waals surface area contributed by atoms with E-state index in [9.17, 15) is 4.79 Å². The number of hydrogen-bond acceptors (Lipinski definition) is 4. The maximum absolute atomic E-state index is 12.7. The Morgan fingerprint density at radius 1 is 1.26 bits per heavy atom. The lowest BCUT2D eigenvalue weighted by Crippen LogP contribution is -2.47. The van der Waals surface area contributed by atoms with Crippen molar-refractivity contribution in [1.82, 2.24) is 20.3 Å². The highest BCUT2D eigenvalue weighted by molar-refractivity contribution is 6.10. The molecule has 27 heavy (non-hydrogen) atoms. The fourth-order valence-corrected chi connectivity index (χ4v) is 4.29. The predicted molar refractivity (Wildman–Crippen MR) is 107 cm³/mol. The first kappa shape index (κ1) is 16.5. The van der Waals surface area contributed by atoms with E-state index in [1.165, 1.54) is 5.69 Å². The van der Waals surface area contributed by atoms with Crippen LogP contribution in [-0.2, 0) is 4.79 Å². The van der Waals surface area contributed by atoms with Gasteiger partial charge in [-0.3, -0.25) is 4.79 Å². The second-order valence-electron chi connectivity index (χ2n) is 8.13. The molecule has 0 spiro atoms. The lowest BCUT2D eigenvalue weighted by Gasteiger charge is -2.40. The molecule has 1 saturated carbocycles. The lowest BCUT2D eigenvalue weighted by atomic mass is 9.91. The number of rotatable bonds is 3. The van der Waals surface area contributed by atoms with Crippen molar-refractivity contribution in [2.75, 3.05) is 11.4 Å². The second-order valence-corrected chi connectivity index (χ2v) is 8.13. The smallest absolute Gasteiger partial charge is 0.225 e. The van der Waals surface area contributed by atoms with E-state index >= 15 is 0 Å². The zero-order valence-corrected chi connectivity index (χ0v) is 15.8. The van der Waals surface area contributed by atoms with E-state index < -0.39 is 0 Å². The molecule has 2 aliphatic rings. The molecule has 2 atom stereocenters. The van der Waals surface area contributed by atoms with Crippen LogP contribution in [0.3, 0.4) is 0 Å². The quantitative estimate of drug-likeness (QED) is 0.749. The van der Waals surface area contributed by atoms with E-state index in [4.69, 9.17) is 0 Å². The van der Waals surface area contributed by atoms with Gasteiger partial charge in [0, 0.05) is 47.0 Å². The summed E-state index contributed by atoms with van der Waals surface area (Å²) in [6.07, 6.45) is 7.92. The fraction of sp³-hybridized carbons (Fsp3) is 0.476. The Labute approximate surface area is 158 Å². The highest BCUT2D eigenvalue weighted by Crippen LogP contribution is 2.36. The number of pyridine rings is 2. The van der Waals surface area contributed by atoms with Crippen LogP contribution in [0.1, 0.15) is 38.3 Å². The van der Waals surface area contributed by atoms with Crippen LogP contribution in [0.5, 0.6) is 0 Å². The average Bonchev–Trinajstić information content (AvgIpc) is 3.33. The summed E-state index contributed by atoms with van der Waals surface area (Å²) in [6.45, 7) is 5.09. The Kier molecular flexibility index (Phi) is 3.81. The van der Waals surface area contributed by atoms with E-state index in [1.807, 2.05) is 18.5 Å². The third-order valence-electron chi connectivity index (χ3n) is 5.96. The fourth-order valence-electron chi connectivity index (χ4n) is 4.29. The molecule has 1 aliphatic heterocycles. The molecule has 2 fully saturated rings. The van der Waals surface area contributed by atoms with Gasteiger partial charge in [-0.25, -0.2) is 9.97 Å². The molecule has 140 valence electrons. The summed E-state index contributed by atoms with van der Waals surface area (Å²) in [6, 6.07) is 5.04. The molecular weight excluding hydrogens is 338 g/mol. The average molecular weight is 363 g/mol. The Balaban J connectivity index is 1.58. The number of anilines is 1. The Hall–Kier alpha value is -2.63. The highest BCUT2D eigenvalue weighted by atomic mass is 16.2.